The van der Waals surface area contributed by atoms with Crippen molar-refractivity contribution in [2.24, 2.45) is 0 Å². The van der Waals surface area contributed by atoms with Gasteiger partial charge in [-0.05, 0) is 42.3 Å². The maximum absolute atomic E-state index is 12.3. The van der Waals surface area contributed by atoms with Crippen LogP contribution in [0, 0.1) is 6.92 Å². The monoisotopic (exact) mass is 285 g/mol. The molecule has 1 amide bonds. The fourth-order valence-corrected chi connectivity index (χ4v) is 2.04. The minimum Gasteiger partial charge on any atom is -0.508 e. The van der Waals surface area contributed by atoms with E-state index in [0.29, 0.717) is 12.1 Å². The number of hydrogen-bond donors (Lipinski definition) is 1. The topological polar surface area (TPSA) is 49.8 Å². The van der Waals surface area contributed by atoms with Gasteiger partial charge in [0.1, 0.15) is 11.5 Å². The Hall–Kier alpha value is -2.49. The average molecular weight is 285 g/mol. The van der Waals surface area contributed by atoms with Crippen molar-refractivity contribution >= 4 is 5.91 Å². The lowest BCUT2D eigenvalue weighted by atomic mass is 10.1. The fraction of sp³-hybridized carbons (Fsp3) is 0.235. The maximum Gasteiger partial charge on any atom is 0.254 e. The molecule has 0 atom stereocenters. The van der Waals surface area contributed by atoms with Gasteiger partial charge in [-0.3, -0.25) is 4.79 Å². The van der Waals surface area contributed by atoms with Crippen molar-refractivity contribution in [2.45, 2.75) is 13.5 Å². The quantitative estimate of drug-likeness (QED) is 0.939. The number of carbonyl (C=O) groups excluding carboxylic acids is 1. The van der Waals surface area contributed by atoms with Gasteiger partial charge in [-0.2, -0.15) is 0 Å². The molecule has 4 nitrogen and oxygen atoms in total. The predicted octanol–water partition coefficient (Wildman–Crippen LogP) is 2.98. The Morgan fingerprint density at radius 3 is 2.43 bits per heavy atom. The molecule has 0 saturated heterocycles. The summed E-state index contributed by atoms with van der Waals surface area (Å²) in [6.07, 6.45) is 0. The van der Waals surface area contributed by atoms with E-state index in [-0.39, 0.29) is 11.7 Å². The van der Waals surface area contributed by atoms with E-state index in [1.807, 2.05) is 24.3 Å². The van der Waals surface area contributed by atoms with Crippen molar-refractivity contribution in [2.75, 3.05) is 14.2 Å². The molecular weight excluding hydrogens is 266 g/mol. The van der Waals surface area contributed by atoms with Crippen LogP contribution in [0.4, 0.5) is 0 Å². The molecule has 0 saturated carbocycles. The van der Waals surface area contributed by atoms with Gasteiger partial charge in [0.25, 0.3) is 5.91 Å². The SMILES string of the molecule is COc1ccc(CN(C)C(=O)c2ccc(C)c(O)c2)cc1. The maximum atomic E-state index is 12.3. The van der Waals surface area contributed by atoms with Gasteiger partial charge in [0.05, 0.1) is 7.11 Å². The summed E-state index contributed by atoms with van der Waals surface area (Å²) in [5.74, 6) is 0.802. The number of carbonyl (C=O) groups is 1. The molecule has 0 heterocycles. The molecule has 0 spiro atoms. The van der Waals surface area contributed by atoms with E-state index in [1.165, 1.54) is 6.07 Å². The predicted molar refractivity (Wildman–Crippen MR) is 81.6 cm³/mol. The van der Waals surface area contributed by atoms with Gasteiger partial charge >= 0.3 is 0 Å². The molecule has 0 unspecified atom stereocenters. The molecule has 0 fully saturated rings. The van der Waals surface area contributed by atoms with Gasteiger partial charge in [-0.1, -0.05) is 18.2 Å². The van der Waals surface area contributed by atoms with Crippen molar-refractivity contribution in [3.63, 3.8) is 0 Å². The van der Waals surface area contributed by atoms with E-state index in [2.05, 4.69) is 0 Å². The summed E-state index contributed by atoms with van der Waals surface area (Å²) >= 11 is 0. The van der Waals surface area contributed by atoms with Gasteiger partial charge in [-0.15, -0.1) is 0 Å². The molecule has 0 radical (unpaired) electrons. The molecule has 2 aromatic rings. The highest BCUT2D eigenvalue weighted by Gasteiger charge is 2.13. The Bertz CT molecular complexity index is 635. The molecule has 0 aliphatic heterocycles. The van der Waals surface area contributed by atoms with E-state index >= 15 is 0 Å². The Balaban J connectivity index is 2.09. The number of phenols is 1. The molecule has 110 valence electrons. The van der Waals surface area contributed by atoms with Crippen LogP contribution < -0.4 is 4.74 Å². The first kappa shape index (κ1) is 14.9. The molecule has 0 aliphatic carbocycles. The average Bonchev–Trinajstić information content (AvgIpc) is 2.50. The van der Waals surface area contributed by atoms with Crippen molar-refractivity contribution in [3.05, 3.63) is 59.2 Å². The zero-order chi connectivity index (χ0) is 15.4. The summed E-state index contributed by atoms with van der Waals surface area (Å²) in [6.45, 7) is 2.29. The zero-order valence-corrected chi connectivity index (χ0v) is 12.5. The Morgan fingerprint density at radius 1 is 1.19 bits per heavy atom. The lowest BCUT2D eigenvalue weighted by Crippen LogP contribution is -2.26. The third kappa shape index (κ3) is 3.54. The third-order valence-electron chi connectivity index (χ3n) is 3.38. The Labute approximate surface area is 124 Å². The number of methoxy groups -OCH3 is 1. The second-order valence-electron chi connectivity index (χ2n) is 5.01. The number of benzene rings is 2. The summed E-state index contributed by atoms with van der Waals surface area (Å²) in [5, 5.41) is 9.69. The normalized spacial score (nSPS) is 10.2. The van der Waals surface area contributed by atoms with Gasteiger partial charge in [0.2, 0.25) is 0 Å². The Kier molecular flexibility index (Phi) is 4.48. The smallest absolute Gasteiger partial charge is 0.254 e. The fourth-order valence-electron chi connectivity index (χ4n) is 2.04. The molecule has 0 aliphatic rings. The lowest BCUT2D eigenvalue weighted by Gasteiger charge is -2.18. The van der Waals surface area contributed by atoms with Crippen molar-refractivity contribution in [1.29, 1.82) is 0 Å². The number of aromatic hydroxyl groups is 1. The third-order valence-corrected chi connectivity index (χ3v) is 3.38. The number of rotatable bonds is 4. The molecule has 0 bridgehead atoms. The van der Waals surface area contributed by atoms with Crippen LogP contribution in [-0.2, 0) is 6.54 Å². The molecule has 1 N–H and O–H groups in total. The minimum absolute atomic E-state index is 0.124. The number of hydrogen-bond acceptors (Lipinski definition) is 3. The van der Waals surface area contributed by atoms with Gasteiger partial charge in [-0.25, -0.2) is 0 Å². The molecule has 4 heteroatoms. The molecule has 21 heavy (non-hydrogen) atoms. The van der Waals surface area contributed by atoms with Crippen molar-refractivity contribution in [3.8, 4) is 11.5 Å². The van der Waals surface area contributed by atoms with Crippen LogP contribution in [-0.4, -0.2) is 30.1 Å². The van der Waals surface area contributed by atoms with Crippen LogP contribution >= 0.6 is 0 Å². The van der Waals surface area contributed by atoms with Crippen LogP contribution in [0.5, 0.6) is 11.5 Å². The van der Waals surface area contributed by atoms with Crippen molar-refractivity contribution in [1.82, 2.24) is 4.90 Å². The Morgan fingerprint density at radius 2 is 1.86 bits per heavy atom. The minimum atomic E-state index is -0.124. The summed E-state index contributed by atoms with van der Waals surface area (Å²) in [5.41, 5.74) is 2.25. The first-order valence-electron chi connectivity index (χ1n) is 6.69. The molecule has 2 rings (SSSR count). The van der Waals surface area contributed by atoms with Crippen LogP contribution in [0.3, 0.4) is 0 Å². The summed E-state index contributed by atoms with van der Waals surface area (Å²) in [7, 11) is 3.36. The van der Waals surface area contributed by atoms with Crippen LogP contribution in [0.1, 0.15) is 21.5 Å². The number of ether oxygens (including phenoxy) is 1. The highest BCUT2D eigenvalue weighted by atomic mass is 16.5. The molecular formula is C17H19NO3. The van der Waals surface area contributed by atoms with Gasteiger partial charge in [0, 0.05) is 19.2 Å². The first-order valence-corrected chi connectivity index (χ1v) is 6.69. The standard InChI is InChI=1S/C17H19NO3/c1-12-4-7-14(10-16(12)19)17(20)18(2)11-13-5-8-15(21-3)9-6-13/h4-10,19H,11H2,1-3H3. The highest BCUT2D eigenvalue weighted by Crippen LogP contribution is 2.19. The van der Waals surface area contributed by atoms with Crippen LogP contribution in [0.15, 0.2) is 42.5 Å². The summed E-state index contributed by atoms with van der Waals surface area (Å²) < 4.78 is 5.11. The lowest BCUT2D eigenvalue weighted by molar-refractivity contribution is 0.0784. The second kappa shape index (κ2) is 6.31. The van der Waals surface area contributed by atoms with E-state index < -0.39 is 0 Å². The largest absolute Gasteiger partial charge is 0.508 e. The number of nitrogens with zero attached hydrogens (tertiary/aromatic N) is 1. The number of amides is 1. The van der Waals surface area contributed by atoms with E-state index in [1.54, 1.807) is 38.1 Å². The summed E-state index contributed by atoms with van der Waals surface area (Å²) in [4.78, 5) is 13.9. The van der Waals surface area contributed by atoms with Gasteiger partial charge < -0.3 is 14.7 Å². The van der Waals surface area contributed by atoms with E-state index in [9.17, 15) is 9.90 Å². The number of phenolic OH excluding ortho intramolecular Hbond substituents is 1. The van der Waals surface area contributed by atoms with Crippen LogP contribution in [0.25, 0.3) is 0 Å². The molecule has 2 aromatic carbocycles. The first-order chi connectivity index (χ1) is 10.0. The van der Waals surface area contributed by atoms with Crippen LogP contribution in [0.2, 0.25) is 0 Å². The summed E-state index contributed by atoms with van der Waals surface area (Å²) in [6, 6.07) is 12.6. The van der Waals surface area contributed by atoms with E-state index in [0.717, 1.165) is 16.9 Å². The van der Waals surface area contributed by atoms with Gasteiger partial charge in [0.15, 0.2) is 0 Å². The highest BCUT2D eigenvalue weighted by molar-refractivity contribution is 5.94. The van der Waals surface area contributed by atoms with Crippen molar-refractivity contribution < 1.29 is 14.6 Å². The zero-order valence-electron chi connectivity index (χ0n) is 12.5. The van der Waals surface area contributed by atoms with E-state index in [4.69, 9.17) is 4.74 Å². The second-order valence-corrected chi connectivity index (χ2v) is 5.01. The molecule has 0 aromatic heterocycles. The number of aryl methyl sites for hydroxylation is 1.